The highest BCUT2D eigenvalue weighted by atomic mass is 19.1. The van der Waals surface area contributed by atoms with Gasteiger partial charge in [-0.15, -0.1) is 0 Å². The van der Waals surface area contributed by atoms with Crippen LogP contribution in [0.4, 0.5) is 4.39 Å². The Morgan fingerprint density at radius 1 is 1.18 bits per heavy atom. The molecule has 1 aromatic rings. The predicted octanol–water partition coefficient (Wildman–Crippen LogP) is 3.78. The van der Waals surface area contributed by atoms with Gasteiger partial charge in [0.25, 0.3) is 5.91 Å². The van der Waals surface area contributed by atoms with Crippen LogP contribution in [0.2, 0.25) is 0 Å². The van der Waals surface area contributed by atoms with E-state index in [-0.39, 0.29) is 36.1 Å². The fourth-order valence-corrected chi connectivity index (χ4v) is 3.79. The molecule has 1 amide bonds. The van der Waals surface area contributed by atoms with Gasteiger partial charge >= 0.3 is 0 Å². The average Bonchev–Trinajstić information content (AvgIpc) is 2.72. The lowest BCUT2D eigenvalue weighted by molar-refractivity contribution is -0.147. The molecule has 0 aromatic heterocycles. The summed E-state index contributed by atoms with van der Waals surface area (Å²) >= 11 is 0. The maximum atomic E-state index is 13.3. The van der Waals surface area contributed by atoms with Crippen molar-refractivity contribution in [3.8, 4) is 0 Å². The van der Waals surface area contributed by atoms with Crippen molar-refractivity contribution >= 4 is 5.91 Å². The molecule has 1 heterocycles. The molecular weight excluding hydrogens is 361 g/mol. The number of aliphatic hydroxyl groups is 1. The Bertz CT molecular complexity index is 655. The third kappa shape index (κ3) is 6.04. The first-order valence-corrected chi connectivity index (χ1v) is 10.3. The molecule has 0 bridgehead atoms. The Labute approximate surface area is 165 Å². The summed E-state index contributed by atoms with van der Waals surface area (Å²) < 4.78 is 24.9. The Hall–Kier alpha value is -1.92. The summed E-state index contributed by atoms with van der Waals surface area (Å²) in [6.45, 7) is 0.584. The Kier molecular flexibility index (Phi) is 7.86. The number of hydrogen-bond donors (Lipinski definition) is 2. The van der Waals surface area contributed by atoms with E-state index in [2.05, 4.69) is 5.32 Å². The molecule has 1 saturated carbocycles. The summed E-state index contributed by atoms with van der Waals surface area (Å²) in [4.78, 5) is 12.8. The molecule has 28 heavy (non-hydrogen) atoms. The van der Waals surface area contributed by atoms with Gasteiger partial charge < -0.3 is 19.9 Å². The lowest BCUT2D eigenvalue weighted by Crippen LogP contribution is -2.39. The average molecular weight is 391 g/mol. The van der Waals surface area contributed by atoms with Crippen LogP contribution in [0.1, 0.15) is 62.8 Å². The van der Waals surface area contributed by atoms with E-state index >= 15 is 0 Å². The molecule has 6 heteroatoms. The molecule has 0 spiro atoms. The fraction of sp³-hybridized carbons (Fsp3) is 0.591. The van der Waals surface area contributed by atoms with Crippen LogP contribution in [0, 0.1) is 5.82 Å². The third-order valence-corrected chi connectivity index (χ3v) is 5.38. The van der Waals surface area contributed by atoms with Gasteiger partial charge in [-0.1, -0.05) is 31.4 Å². The van der Waals surface area contributed by atoms with E-state index in [9.17, 15) is 9.18 Å². The first kappa shape index (κ1) is 20.8. The highest BCUT2D eigenvalue weighted by molar-refractivity contribution is 5.92. The number of nitrogens with one attached hydrogen (secondary N) is 1. The molecule has 0 radical (unpaired) electrons. The van der Waals surface area contributed by atoms with Crippen LogP contribution in [0.25, 0.3) is 0 Å². The van der Waals surface area contributed by atoms with Crippen LogP contribution < -0.4 is 5.32 Å². The van der Waals surface area contributed by atoms with Crippen molar-refractivity contribution in [1.29, 1.82) is 0 Å². The quantitative estimate of drug-likeness (QED) is 0.662. The van der Waals surface area contributed by atoms with E-state index in [1.54, 1.807) is 12.1 Å². The van der Waals surface area contributed by atoms with Crippen molar-refractivity contribution in [1.82, 2.24) is 5.32 Å². The number of aliphatic hydroxyl groups excluding tert-OH is 1. The lowest BCUT2D eigenvalue weighted by atomic mass is 9.92. The highest BCUT2D eigenvalue weighted by Gasteiger charge is 2.29. The summed E-state index contributed by atoms with van der Waals surface area (Å²) in [6, 6.07) is 6.53. The SMILES string of the molecule is O=C(NC1CCCCC1)C1=C[C@@H](c2ccc(F)cc2)C[C@@H](OCCCCO)O1. The first-order chi connectivity index (χ1) is 13.7. The summed E-state index contributed by atoms with van der Waals surface area (Å²) in [5.41, 5.74) is 0.927. The molecule has 2 atom stereocenters. The number of allylic oxidation sites excluding steroid dienone is 1. The second-order valence-corrected chi connectivity index (χ2v) is 7.58. The molecule has 154 valence electrons. The molecule has 1 aliphatic heterocycles. The minimum absolute atomic E-state index is 0.0794. The smallest absolute Gasteiger partial charge is 0.286 e. The van der Waals surface area contributed by atoms with Crippen LogP contribution in [0.5, 0.6) is 0 Å². The number of ether oxygens (including phenoxy) is 2. The molecule has 2 N–H and O–H groups in total. The van der Waals surface area contributed by atoms with E-state index in [0.29, 0.717) is 19.4 Å². The van der Waals surface area contributed by atoms with Gasteiger partial charge in [-0.2, -0.15) is 0 Å². The van der Waals surface area contributed by atoms with E-state index < -0.39 is 6.29 Å². The van der Waals surface area contributed by atoms with Crippen LogP contribution in [-0.4, -0.2) is 36.6 Å². The maximum Gasteiger partial charge on any atom is 0.286 e. The zero-order valence-electron chi connectivity index (χ0n) is 16.2. The van der Waals surface area contributed by atoms with Crippen molar-refractivity contribution in [2.24, 2.45) is 0 Å². The zero-order chi connectivity index (χ0) is 19.8. The van der Waals surface area contributed by atoms with Crippen molar-refractivity contribution < 1.29 is 23.8 Å². The van der Waals surface area contributed by atoms with Gasteiger partial charge in [0.15, 0.2) is 5.76 Å². The number of unbranched alkanes of at least 4 members (excludes halogenated alkanes) is 1. The molecule has 5 nitrogen and oxygen atoms in total. The van der Waals surface area contributed by atoms with E-state index in [1.807, 2.05) is 6.08 Å². The van der Waals surface area contributed by atoms with E-state index in [1.165, 1.54) is 18.6 Å². The molecule has 2 aliphatic rings. The van der Waals surface area contributed by atoms with E-state index in [4.69, 9.17) is 14.6 Å². The second kappa shape index (κ2) is 10.6. The molecule has 0 unspecified atom stereocenters. The van der Waals surface area contributed by atoms with Gasteiger partial charge in [0, 0.05) is 25.0 Å². The molecule has 0 saturated heterocycles. The number of carbonyl (C=O) groups excluding carboxylic acids is 1. The third-order valence-electron chi connectivity index (χ3n) is 5.38. The fourth-order valence-electron chi connectivity index (χ4n) is 3.79. The van der Waals surface area contributed by atoms with Crippen molar-refractivity contribution in [3.63, 3.8) is 0 Å². The van der Waals surface area contributed by atoms with E-state index in [0.717, 1.165) is 37.7 Å². The minimum atomic E-state index is -0.536. The van der Waals surface area contributed by atoms with Crippen LogP contribution in [0.15, 0.2) is 36.1 Å². The topological polar surface area (TPSA) is 67.8 Å². The number of carbonyl (C=O) groups is 1. The summed E-state index contributed by atoms with van der Waals surface area (Å²) in [5, 5.41) is 12.0. The van der Waals surface area contributed by atoms with Gasteiger partial charge in [0.2, 0.25) is 6.29 Å². The van der Waals surface area contributed by atoms with Gasteiger partial charge in [-0.3, -0.25) is 4.79 Å². The Morgan fingerprint density at radius 3 is 2.64 bits per heavy atom. The Balaban J connectivity index is 1.68. The largest absolute Gasteiger partial charge is 0.459 e. The lowest BCUT2D eigenvalue weighted by Gasteiger charge is -2.30. The normalized spacial score (nSPS) is 23.0. The molecular formula is C22H30FNO4. The molecule has 1 fully saturated rings. The predicted molar refractivity (Wildman–Crippen MR) is 104 cm³/mol. The van der Waals surface area contributed by atoms with Crippen LogP contribution >= 0.6 is 0 Å². The van der Waals surface area contributed by atoms with Crippen molar-refractivity contribution in [2.75, 3.05) is 13.2 Å². The molecule has 1 aromatic carbocycles. The zero-order valence-corrected chi connectivity index (χ0v) is 16.2. The summed E-state index contributed by atoms with van der Waals surface area (Å²) in [6.07, 6.45) is 8.74. The maximum absolute atomic E-state index is 13.3. The minimum Gasteiger partial charge on any atom is -0.459 e. The molecule has 1 aliphatic carbocycles. The second-order valence-electron chi connectivity index (χ2n) is 7.58. The highest BCUT2D eigenvalue weighted by Crippen LogP contribution is 2.32. The standard InChI is InChI=1S/C22H30FNO4/c23-18-10-8-16(9-11-18)17-14-20(22(26)24-19-6-2-1-3-7-19)28-21(15-17)27-13-5-4-12-25/h8-11,14,17,19,21,25H,1-7,12-13,15H2,(H,24,26)/t17-,21+/m1/s1. The van der Waals surface area contributed by atoms with Crippen molar-refractivity contribution in [3.05, 3.63) is 47.5 Å². The van der Waals surface area contributed by atoms with Gasteiger partial charge in [-0.05, 0) is 49.5 Å². The van der Waals surface area contributed by atoms with Gasteiger partial charge in [0.05, 0.1) is 6.61 Å². The summed E-state index contributed by atoms with van der Waals surface area (Å²) in [7, 11) is 0. The number of rotatable bonds is 8. The van der Waals surface area contributed by atoms with Crippen LogP contribution in [0.3, 0.4) is 0 Å². The monoisotopic (exact) mass is 391 g/mol. The summed E-state index contributed by atoms with van der Waals surface area (Å²) in [5.74, 6) is -0.294. The first-order valence-electron chi connectivity index (χ1n) is 10.3. The molecule has 3 rings (SSSR count). The number of halogens is 1. The number of hydrogen-bond acceptors (Lipinski definition) is 4. The Morgan fingerprint density at radius 2 is 1.93 bits per heavy atom. The number of amides is 1. The van der Waals surface area contributed by atoms with Crippen molar-refractivity contribution in [2.45, 2.75) is 69.6 Å². The van der Waals surface area contributed by atoms with Crippen LogP contribution in [-0.2, 0) is 14.3 Å². The number of benzene rings is 1. The van der Waals surface area contributed by atoms with Gasteiger partial charge in [0.1, 0.15) is 5.82 Å². The van der Waals surface area contributed by atoms with Gasteiger partial charge in [-0.25, -0.2) is 4.39 Å².